The standard InChI is InChI=1S/C12H15N5OS2/c1-19-10-6-7(13)8(9(14)18)20-11(6)16-12(15-10)17-4-2-3-5-17/h2-5,13H2,1H3,(H2,14,18). The van der Waals surface area contributed by atoms with E-state index in [0.717, 1.165) is 47.1 Å². The third-order valence-electron chi connectivity index (χ3n) is 3.35. The van der Waals surface area contributed by atoms with E-state index in [0.29, 0.717) is 10.6 Å². The van der Waals surface area contributed by atoms with Crippen LogP contribution in [-0.4, -0.2) is 35.2 Å². The molecule has 3 rings (SSSR count). The molecule has 1 fully saturated rings. The fraction of sp³-hybridized carbons (Fsp3) is 0.417. The van der Waals surface area contributed by atoms with Gasteiger partial charge in [0, 0.05) is 13.1 Å². The number of hydrogen-bond donors (Lipinski definition) is 2. The Hall–Kier alpha value is -1.54. The first kappa shape index (κ1) is 13.4. The number of hydrogen-bond acceptors (Lipinski definition) is 7. The van der Waals surface area contributed by atoms with E-state index >= 15 is 0 Å². The van der Waals surface area contributed by atoms with E-state index in [9.17, 15) is 4.79 Å². The quantitative estimate of drug-likeness (QED) is 0.661. The fourth-order valence-electron chi connectivity index (χ4n) is 2.37. The van der Waals surface area contributed by atoms with Crippen LogP contribution in [0.15, 0.2) is 5.03 Å². The third-order valence-corrected chi connectivity index (χ3v) is 5.15. The predicted molar refractivity (Wildman–Crippen MR) is 83.6 cm³/mol. The highest BCUT2D eigenvalue weighted by molar-refractivity contribution is 7.98. The van der Waals surface area contributed by atoms with Gasteiger partial charge in [0.2, 0.25) is 5.95 Å². The second-order valence-electron chi connectivity index (χ2n) is 4.62. The Morgan fingerprint density at radius 3 is 2.65 bits per heavy atom. The van der Waals surface area contributed by atoms with Crippen molar-refractivity contribution in [1.82, 2.24) is 9.97 Å². The van der Waals surface area contributed by atoms with Crippen LogP contribution in [0.1, 0.15) is 22.5 Å². The molecule has 106 valence electrons. The summed E-state index contributed by atoms with van der Waals surface area (Å²) in [5, 5.41) is 1.55. The molecule has 3 heterocycles. The molecule has 20 heavy (non-hydrogen) atoms. The van der Waals surface area contributed by atoms with Crippen molar-refractivity contribution in [3.63, 3.8) is 0 Å². The first-order valence-corrected chi connectivity index (χ1v) is 8.34. The number of amides is 1. The van der Waals surface area contributed by atoms with E-state index in [1.807, 2.05) is 6.26 Å². The van der Waals surface area contributed by atoms with Crippen LogP contribution in [0.5, 0.6) is 0 Å². The molecule has 1 aliphatic heterocycles. The second kappa shape index (κ2) is 5.10. The first-order chi connectivity index (χ1) is 9.61. The number of aromatic nitrogens is 2. The zero-order valence-corrected chi connectivity index (χ0v) is 12.7. The summed E-state index contributed by atoms with van der Waals surface area (Å²) in [7, 11) is 0. The van der Waals surface area contributed by atoms with Gasteiger partial charge in [-0.05, 0) is 19.1 Å². The smallest absolute Gasteiger partial charge is 0.260 e. The van der Waals surface area contributed by atoms with E-state index in [1.54, 1.807) is 0 Å². The molecule has 0 spiro atoms. The molecule has 0 atom stereocenters. The largest absolute Gasteiger partial charge is 0.397 e. The minimum absolute atomic E-state index is 0.364. The minimum atomic E-state index is -0.514. The van der Waals surface area contributed by atoms with Crippen LogP contribution in [0, 0.1) is 0 Å². The number of primary amides is 1. The topological polar surface area (TPSA) is 98.1 Å². The molecule has 6 nitrogen and oxygen atoms in total. The number of fused-ring (bicyclic) bond motifs is 1. The van der Waals surface area contributed by atoms with Gasteiger partial charge < -0.3 is 16.4 Å². The molecule has 2 aromatic rings. The Labute approximate surface area is 124 Å². The third kappa shape index (κ3) is 2.08. The molecule has 1 aliphatic rings. The maximum absolute atomic E-state index is 11.4. The Morgan fingerprint density at radius 2 is 2.05 bits per heavy atom. The summed E-state index contributed by atoms with van der Waals surface area (Å²) < 4.78 is 0. The minimum Gasteiger partial charge on any atom is -0.397 e. The van der Waals surface area contributed by atoms with Gasteiger partial charge in [0.25, 0.3) is 5.91 Å². The molecular weight excluding hydrogens is 294 g/mol. The summed E-state index contributed by atoms with van der Waals surface area (Å²) in [4.78, 5) is 23.8. The number of carbonyl (C=O) groups excluding carboxylic acids is 1. The van der Waals surface area contributed by atoms with E-state index in [1.165, 1.54) is 23.1 Å². The summed E-state index contributed by atoms with van der Waals surface area (Å²) >= 11 is 2.75. The molecule has 0 aromatic carbocycles. The van der Waals surface area contributed by atoms with Crippen LogP contribution >= 0.6 is 23.1 Å². The Bertz CT molecular complexity index is 678. The van der Waals surface area contributed by atoms with E-state index in [-0.39, 0.29) is 0 Å². The van der Waals surface area contributed by atoms with Crippen molar-refractivity contribution < 1.29 is 4.79 Å². The molecule has 0 aliphatic carbocycles. The molecular formula is C12H15N5OS2. The predicted octanol–water partition coefficient (Wildman–Crippen LogP) is 1.69. The molecule has 1 amide bonds. The van der Waals surface area contributed by atoms with Gasteiger partial charge in [0.05, 0.1) is 11.1 Å². The SMILES string of the molecule is CSc1nc(N2CCCC2)nc2sc(C(N)=O)c(N)c12. The maximum atomic E-state index is 11.4. The summed E-state index contributed by atoms with van der Waals surface area (Å²) in [5.74, 6) is 0.205. The summed E-state index contributed by atoms with van der Waals surface area (Å²) in [5.41, 5.74) is 11.8. The van der Waals surface area contributed by atoms with Crippen molar-refractivity contribution in [3.8, 4) is 0 Å². The Morgan fingerprint density at radius 1 is 1.35 bits per heavy atom. The summed E-state index contributed by atoms with van der Waals surface area (Å²) in [6.45, 7) is 1.95. The van der Waals surface area contributed by atoms with Gasteiger partial charge in [0.1, 0.15) is 14.7 Å². The molecule has 0 radical (unpaired) electrons. The van der Waals surface area contributed by atoms with Crippen molar-refractivity contribution in [1.29, 1.82) is 0 Å². The lowest BCUT2D eigenvalue weighted by Gasteiger charge is -2.15. The van der Waals surface area contributed by atoms with Crippen molar-refractivity contribution in [2.75, 3.05) is 30.0 Å². The zero-order chi connectivity index (χ0) is 14.3. The zero-order valence-electron chi connectivity index (χ0n) is 11.0. The van der Waals surface area contributed by atoms with Crippen molar-refractivity contribution >= 4 is 50.9 Å². The van der Waals surface area contributed by atoms with Crippen molar-refractivity contribution in [2.24, 2.45) is 5.73 Å². The summed E-state index contributed by atoms with van der Waals surface area (Å²) in [6, 6.07) is 0. The number of rotatable bonds is 3. The van der Waals surface area contributed by atoms with Crippen LogP contribution in [0.2, 0.25) is 0 Å². The second-order valence-corrected chi connectivity index (χ2v) is 6.41. The van der Waals surface area contributed by atoms with Crippen LogP contribution in [0.25, 0.3) is 10.2 Å². The Kier molecular flexibility index (Phi) is 3.43. The number of nitrogens with zero attached hydrogens (tertiary/aromatic N) is 3. The highest BCUT2D eigenvalue weighted by Gasteiger charge is 2.22. The monoisotopic (exact) mass is 309 g/mol. The van der Waals surface area contributed by atoms with Crippen LogP contribution < -0.4 is 16.4 Å². The highest BCUT2D eigenvalue weighted by Crippen LogP contribution is 2.38. The Balaban J connectivity index is 2.20. The number of nitrogen functional groups attached to an aromatic ring is 1. The number of nitrogens with two attached hydrogens (primary N) is 2. The molecule has 1 saturated heterocycles. The fourth-order valence-corrected chi connectivity index (χ4v) is 3.96. The normalized spacial score (nSPS) is 15.2. The van der Waals surface area contributed by atoms with Crippen molar-refractivity contribution in [2.45, 2.75) is 17.9 Å². The van der Waals surface area contributed by atoms with Gasteiger partial charge in [-0.15, -0.1) is 23.1 Å². The number of anilines is 2. The van der Waals surface area contributed by atoms with Crippen LogP contribution in [0.4, 0.5) is 11.6 Å². The lowest BCUT2D eigenvalue weighted by Crippen LogP contribution is -2.20. The highest BCUT2D eigenvalue weighted by atomic mass is 32.2. The molecule has 8 heteroatoms. The summed E-state index contributed by atoms with van der Waals surface area (Å²) in [6.07, 6.45) is 4.26. The van der Waals surface area contributed by atoms with Crippen LogP contribution in [-0.2, 0) is 0 Å². The first-order valence-electron chi connectivity index (χ1n) is 6.30. The average molecular weight is 309 g/mol. The molecule has 0 bridgehead atoms. The molecule has 4 N–H and O–H groups in total. The number of thioether (sulfide) groups is 1. The lowest BCUT2D eigenvalue weighted by atomic mass is 10.3. The average Bonchev–Trinajstić information content (AvgIpc) is 3.06. The van der Waals surface area contributed by atoms with Crippen LogP contribution in [0.3, 0.4) is 0 Å². The van der Waals surface area contributed by atoms with Gasteiger partial charge in [-0.1, -0.05) is 0 Å². The van der Waals surface area contributed by atoms with E-state index < -0.39 is 5.91 Å². The van der Waals surface area contributed by atoms with E-state index in [4.69, 9.17) is 11.5 Å². The van der Waals surface area contributed by atoms with Gasteiger partial charge >= 0.3 is 0 Å². The van der Waals surface area contributed by atoms with Gasteiger partial charge in [-0.25, -0.2) is 9.97 Å². The van der Waals surface area contributed by atoms with Gasteiger partial charge in [-0.2, -0.15) is 0 Å². The molecule has 0 saturated carbocycles. The lowest BCUT2D eigenvalue weighted by molar-refractivity contribution is 0.100. The molecule has 2 aromatic heterocycles. The van der Waals surface area contributed by atoms with E-state index in [2.05, 4.69) is 14.9 Å². The van der Waals surface area contributed by atoms with Gasteiger partial charge in [0.15, 0.2) is 0 Å². The van der Waals surface area contributed by atoms with Gasteiger partial charge in [-0.3, -0.25) is 4.79 Å². The molecule has 0 unspecified atom stereocenters. The maximum Gasteiger partial charge on any atom is 0.260 e. The number of thiophene rings is 1. The number of carbonyl (C=O) groups is 1. The van der Waals surface area contributed by atoms with Crippen molar-refractivity contribution in [3.05, 3.63) is 4.88 Å².